The number of piperazine rings is 1. The standard InChI is InChI=1S/C16H24N6/c1-4-13-10-16(19-15(5-2)18-13)22-8-6-21(7-9-22)14-11-17-20(3)12-14/h10-12H,4-9H2,1-3H3. The van der Waals surface area contributed by atoms with Crippen LogP contribution in [0.5, 0.6) is 0 Å². The molecule has 0 saturated carbocycles. The Morgan fingerprint density at radius 1 is 1.00 bits per heavy atom. The highest BCUT2D eigenvalue weighted by molar-refractivity contribution is 5.47. The third-order valence-electron chi connectivity index (χ3n) is 4.15. The highest BCUT2D eigenvalue weighted by Crippen LogP contribution is 2.19. The second-order valence-corrected chi connectivity index (χ2v) is 5.69. The summed E-state index contributed by atoms with van der Waals surface area (Å²) in [5, 5.41) is 4.26. The Labute approximate surface area is 131 Å². The van der Waals surface area contributed by atoms with Crippen LogP contribution in [0.2, 0.25) is 0 Å². The van der Waals surface area contributed by atoms with Crippen molar-refractivity contribution in [2.45, 2.75) is 26.7 Å². The highest BCUT2D eigenvalue weighted by atomic mass is 15.3. The summed E-state index contributed by atoms with van der Waals surface area (Å²) < 4.78 is 1.85. The van der Waals surface area contributed by atoms with Crippen molar-refractivity contribution >= 4 is 11.5 Å². The fourth-order valence-corrected chi connectivity index (χ4v) is 2.80. The first-order chi connectivity index (χ1) is 10.7. The fraction of sp³-hybridized carbons (Fsp3) is 0.562. The van der Waals surface area contributed by atoms with E-state index in [4.69, 9.17) is 4.98 Å². The zero-order chi connectivity index (χ0) is 15.5. The van der Waals surface area contributed by atoms with Gasteiger partial charge in [-0.3, -0.25) is 4.68 Å². The number of hydrogen-bond donors (Lipinski definition) is 0. The normalized spacial score (nSPS) is 15.4. The maximum Gasteiger partial charge on any atom is 0.132 e. The largest absolute Gasteiger partial charge is 0.365 e. The molecule has 3 heterocycles. The molecule has 2 aromatic rings. The van der Waals surface area contributed by atoms with E-state index in [1.54, 1.807) is 0 Å². The number of anilines is 2. The average molecular weight is 300 g/mol. The molecule has 22 heavy (non-hydrogen) atoms. The molecule has 1 fully saturated rings. The Bertz CT molecular complexity index is 605. The van der Waals surface area contributed by atoms with Crippen LogP contribution in [0, 0.1) is 0 Å². The van der Waals surface area contributed by atoms with Crippen LogP contribution in [0.3, 0.4) is 0 Å². The Balaban J connectivity index is 1.70. The summed E-state index contributed by atoms with van der Waals surface area (Å²) in [4.78, 5) is 14.0. The molecule has 3 rings (SSSR count). The zero-order valence-corrected chi connectivity index (χ0v) is 13.7. The lowest BCUT2D eigenvalue weighted by atomic mass is 10.2. The van der Waals surface area contributed by atoms with Gasteiger partial charge < -0.3 is 9.80 Å². The van der Waals surface area contributed by atoms with Gasteiger partial charge >= 0.3 is 0 Å². The Kier molecular flexibility index (Phi) is 4.27. The minimum atomic E-state index is 0.885. The van der Waals surface area contributed by atoms with Crippen LogP contribution >= 0.6 is 0 Å². The summed E-state index contributed by atoms with van der Waals surface area (Å²) in [5.41, 5.74) is 2.34. The van der Waals surface area contributed by atoms with Gasteiger partial charge in [-0.2, -0.15) is 5.10 Å². The molecule has 1 saturated heterocycles. The van der Waals surface area contributed by atoms with Crippen molar-refractivity contribution < 1.29 is 0 Å². The van der Waals surface area contributed by atoms with E-state index in [1.807, 2.05) is 17.9 Å². The first-order valence-corrected chi connectivity index (χ1v) is 8.05. The minimum absolute atomic E-state index is 0.885. The van der Waals surface area contributed by atoms with Gasteiger partial charge in [0.15, 0.2) is 0 Å². The molecule has 118 valence electrons. The summed E-state index contributed by atoms with van der Waals surface area (Å²) in [6.45, 7) is 8.22. The van der Waals surface area contributed by atoms with E-state index >= 15 is 0 Å². The predicted molar refractivity (Wildman–Crippen MR) is 88.4 cm³/mol. The van der Waals surface area contributed by atoms with E-state index < -0.39 is 0 Å². The summed E-state index contributed by atoms with van der Waals surface area (Å²) in [6, 6.07) is 2.14. The maximum atomic E-state index is 4.71. The van der Waals surface area contributed by atoms with E-state index in [9.17, 15) is 0 Å². The molecule has 1 aliphatic heterocycles. The highest BCUT2D eigenvalue weighted by Gasteiger charge is 2.20. The summed E-state index contributed by atoms with van der Waals surface area (Å²) in [7, 11) is 1.96. The second-order valence-electron chi connectivity index (χ2n) is 5.69. The first kappa shape index (κ1) is 14.8. The van der Waals surface area contributed by atoms with Crippen molar-refractivity contribution in [2.75, 3.05) is 36.0 Å². The number of nitrogens with zero attached hydrogens (tertiary/aromatic N) is 6. The molecule has 6 heteroatoms. The molecule has 0 spiro atoms. The lowest BCUT2D eigenvalue weighted by molar-refractivity contribution is 0.643. The molecular formula is C16H24N6. The van der Waals surface area contributed by atoms with Gasteiger partial charge in [-0.15, -0.1) is 0 Å². The molecule has 0 atom stereocenters. The Morgan fingerprint density at radius 3 is 2.32 bits per heavy atom. The fourth-order valence-electron chi connectivity index (χ4n) is 2.80. The van der Waals surface area contributed by atoms with Crippen molar-refractivity contribution in [1.29, 1.82) is 0 Å². The van der Waals surface area contributed by atoms with Crippen molar-refractivity contribution in [1.82, 2.24) is 19.7 Å². The zero-order valence-electron chi connectivity index (χ0n) is 13.7. The molecule has 6 nitrogen and oxygen atoms in total. The molecule has 0 bridgehead atoms. The quantitative estimate of drug-likeness (QED) is 0.859. The number of hydrogen-bond acceptors (Lipinski definition) is 5. The molecule has 0 radical (unpaired) electrons. The molecule has 1 aliphatic rings. The van der Waals surface area contributed by atoms with E-state index in [0.717, 1.165) is 56.4 Å². The van der Waals surface area contributed by atoms with Gasteiger partial charge in [0.2, 0.25) is 0 Å². The third kappa shape index (κ3) is 3.05. The second kappa shape index (κ2) is 6.34. The number of aromatic nitrogens is 4. The van der Waals surface area contributed by atoms with Crippen LogP contribution in [0.1, 0.15) is 25.4 Å². The van der Waals surface area contributed by atoms with Crippen molar-refractivity contribution in [3.8, 4) is 0 Å². The van der Waals surface area contributed by atoms with Gasteiger partial charge in [-0.05, 0) is 6.42 Å². The van der Waals surface area contributed by atoms with Crippen LogP contribution < -0.4 is 9.80 Å². The van der Waals surface area contributed by atoms with Crippen molar-refractivity contribution in [2.24, 2.45) is 7.05 Å². The van der Waals surface area contributed by atoms with Crippen LogP contribution in [0.15, 0.2) is 18.5 Å². The van der Waals surface area contributed by atoms with E-state index in [1.165, 1.54) is 5.69 Å². The number of rotatable bonds is 4. The summed E-state index contributed by atoms with van der Waals surface area (Å²) in [5.74, 6) is 2.03. The smallest absolute Gasteiger partial charge is 0.132 e. The van der Waals surface area contributed by atoms with Gasteiger partial charge in [0.1, 0.15) is 11.6 Å². The van der Waals surface area contributed by atoms with E-state index in [2.05, 4.69) is 46.0 Å². The van der Waals surface area contributed by atoms with Crippen LogP contribution in [-0.4, -0.2) is 45.9 Å². The molecular weight excluding hydrogens is 276 g/mol. The number of aryl methyl sites for hydroxylation is 3. The van der Waals surface area contributed by atoms with Gasteiger partial charge in [-0.25, -0.2) is 9.97 Å². The first-order valence-electron chi connectivity index (χ1n) is 8.05. The molecule has 0 aliphatic carbocycles. The third-order valence-corrected chi connectivity index (χ3v) is 4.15. The average Bonchev–Trinajstić information content (AvgIpc) is 3.01. The molecule has 0 aromatic carbocycles. The minimum Gasteiger partial charge on any atom is -0.365 e. The molecule has 0 amide bonds. The predicted octanol–water partition coefficient (Wildman–Crippen LogP) is 1.66. The topological polar surface area (TPSA) is 50.1 Å². The molecule has 0 unspecified atom stereocenters. The summed E-state index contributed by atoms with van der Waals surface area (Å²) >= 11 is 0. The van der Waals surface area contributed by atoms with Crippen molar-refractivity contribution in [3.05, 3.63) is 30.0 Å². The summed E-state index contributed by atoms with van der Waals surface area (Å²) in [6.07, 6.45) is 5.85. The van der Waals surface area contributed by atoms with Gasteiger partial charge in [0.05, 0.1) is 11.9 Å². The van der Waals surface area contributed by atoms with Crippen LogP contribution in [0.25, 0.3) is 0 Å². The maximum absolute atomic E-state index is 4.71. The monoisotopic (exact) mass is 300 g/mol. The van der Waals surface area contributed by atoms with Crippen LogP contribution in [0.4, 0.5) is 11.5 Å². The molecule has 0 N–H and O–H groups in total. The Hall–Kier alpha value is -2.11. The van der Waals surface area contributed by atoms with E-state index in [-0.39, 0.29) is 0 Å². The van der Waals surface area contributed by atoms with Gasteiger partial charge in [0.25, 0.3) is 0 Å². The van der Waals surface area contributed by atoms with Gasteiger partial charge in [-0.1, -0.05) is 13.8 Å². The molecule has 2 aromatic heterocycles. The van der Waals surface area contributed by atoms with Crippen molar-refractivity contribution in [3.63, 3.8) is 0 Å². The van der Waals surface area contributed by atoms with Crippen LogP contribution in [-0.2, 0) is 19.9 Å². The lowest BCUT2D eigenvalue weighted by Gasteiger charge is -2.36. The Morgan fingerprint density at radius 2 is 1.73 bits per heavy atom. The lowest BCUT2D eigenvalue weighted by Crippen LogP contribution is -2.46. The van der Waals surface area contributed by atoms with Gasteiger partial charge in [0, 0.05) is 57.6 Å². The van der Waals surface area contributed by atoms with E-state index in [0.29, 0.717) is 0 Å². The SMILES string of the molecule is CCc1cc(N2CCN(c3cnn(C)c3)CC2)nc(CC)n1.